The van der Waals surface area contributed by atoms with Gasteiger partial charge in [0.15, 0.2) is 5.78 Å². The first-order valence-corrected chi connectivity index (χ1v) is 7.88. The van der Waals surface area contributed by atoms with Crippen LogP contribution in [-0.4, -0.2) is 25.7 Å². The fourth-order valence-corrected chi connectivity index (χ4v) is 2.38. The van der Waals surface area contributed by atoms with E-state index in [1.807, 2.05) is 26.0 Å². The predicted octanol–water partition coefficient (Wildman–Crippen LogP) is 3.16. The maximum absolute atomic E-state index is 11.8. The topological polar surface area (TPSA) is 107 Å². The number of carbonyl (C=O) groups is 1. The molecular formula is C18H18N6O. The van der Waals surface area contributed by atoms with Gasteiger partial charge < -0.3 is 11.1 Å². The lowest BCUT2D eigenvalue weighted by atomic mass is 10.1. The maximum Gasteiger partial charge on any atom is 0.180 e. The maximum atomic E-state index is 11.8. The van der Waals surface area contributed by atoms with E-state index in [1.165, 1.54) is 6.33 Å². The number of rotatable bonds is 5. The van der Waals surface area contributed by atoms with Gasteiger partial charge in [0.2, 0.25) is 0 Å². The minimum absolute atomic E-state index is 0.0215. The molecule has 0 atom stereocenters. The van der Waals surface area contributed by atoms with E-state index in [4.69, 9.17) is 5.73 Å². The normalized spacial score (nSPS) is 10.5. The predicted molar refractivity (Wildman–Crippen MR) is 96.6 cm³/mol. The summed E-state index contributed by atoms with van der Waals surface area (Å²) in [6.07, 6.45) is 5.18. The first-order valence-electron chi connectivity index (χ1n) is 7.88. The zero-order chi connectivity index (χ0) is 17.8. The second kappa shape index (κ2) is 7.04. The SMILES string of the molecule is CCC(=O)c1cc(C)c(Nc2cccnc2-c2cc(N)ncn2)cn1. The standard InChI is InChI=1S/C18H18N6O/c1-3-16(25)13-7-11(2)15(9-21-13)24-12-5-4-6-20-18(12)14-8-17(19)23-10-22-14/h4-10,24H,3H2,1-2H3,(H2,19,22,23). The number of nitrogen functional groups attached to an aromatic ring is 1. The van der Waals surface area contributed by atoms with Gasteiger partial charge in [-0.05, 0) is 30.7 Å². The first kappa shape index (κ1) is 16.5. The van der Waals surface area contributed by atoms with Gasteiger partial charge in [0.25, 0.3) is 0 Å². The molecule has 126 valence electrons. The molecule has 3 aromatic heterocycles. The van der Waals surface area contributed by atoms with Crippen molar-refractivity contribution in [3.63, 3.8) is 0 Å². The van der Waals surface area contributed by atoms with Crippen LogP contribution < -0.4 is 11.1 Å². The van der Waals surface area contributed by atoms with Crippen LogP contribution in [0.5, 0.6) is 0 Å². The number of carbonyl (C=O) groups excluding carboxylic acids is 1. The largest absolute Gasteiger partial charge is 0.384 e. The van der Waals surface area contributed by atoms with Gasteiger partial charge in [-0.2, -0.15) is 0 Å². The number of ketones is 1. The van der Waals surface area contributed by atoms with Crippen molar-refractivity contribution < 1.29 is 4.79 Å². The molecule has 0 aliphatic carbocycles. The molecule has 0 saturated carbocycles. The van der Waals surface area contributed by atoms with Gasteiger partial charge in [0.1, 0.15) is 23.5 Å². The highest BCUT2D eigenvalue weighted by molar-refractivity contribution is 5.94. The van der Waals surface area contributed by atoms with Crippen molar-refractivity contribution in [2.45, 2.75) is 20.3 Å². The van der Waals surface area contributed by atoms with Crippen LogP contribution in [0, 0.1) is 6.92 Å². The molecule has 0 aliphatic rings. The highest BCUT2D eigenvalue weighted by atomic mass is 16.1. The van der Waals surface area contributed by atoms with E-state index in [2.05, 4.69) is 25.3 Å². The van der Waals surface area contributed by atoms with Gasteiger partial charge in [-0.1, -0.05) is 6.92 Å². The van der Waals surface area contributed by atoms with Crippen LogP contribution in [-0.2, 0) is 0 Å². The average Bonchev–Trinajstić information content (AvgIpc) is 2.63. The molecular weight excluding hydrogens is 316 g/mol. The number of Topliss-reactive ketones (excluding diaryl/α,β-unsaturated/α-hetero) is 1. The Hall–Kier alpha value is -3.35. The van der Waals surface area contributed by atoms with E-state index >= 15 is 0 Å². The highest BCUT2D eigenvalue weighted by Crippen LogP contribution is 2.28. The third kappa shape index (κ3) is 3.60. The van der Waals surface area contributed by atoms with Gasteiger partial charge in [-0.3, -0.25) is 14.8 Å². The van der Waals surface area contributed by atoms with Crippen molar-refractivity contribution in [1.82, 2.24) is 19.9 Å². The summed E-state index contributed by atoms with van der Waals surface area (Å²) in [5.74, 6) is 0.398. The number of hydrogen-bond donors (Lipinski definition) is 2. The number of anilines is 3. The van der Waals surface area contributed by atoms with Crippen LogP contribution in [0.15, 0.2) is 43.0 Å². The molecule has 0 spiro atoms. The molecule has 0 amide bonds. The van der Waals surface area contributed by atoms with Crippen LogP contribution in [0.1, 0.15) is 29.4 Å². The number of aromatic nitrogens is 4. The smallest absolute Gasteiger partial charge is 0.180 e. The second-order valence-corrected chi connectivity index (χ2v) is 5.51. The first-order chi connectivity index (χ1) is 12.1. The van der Waals surface area contributed by atoms with E-state index in [0.29, 0.717) is 29.3 Å². The molecule has 0 aromatic carbocycles. The molecule has 0 radical (unpaired) electrons. The lowest BCUT2D eigenvalue weighted by Gasteiger charge is -2.13. The highest BCUT2D eigenvalue weighted by Gasteiger charge is 2.12. The second-order valence-electron chi connectivity index (χ2n) is 5.51. The average molecular weight is 334 g/mol. The molecule has 0 bridgehead atoms. The van der Waals surface area contributed by atoms with Crippen molar-refractivity contribution in [2.75, 3.05) is 11.1 Å². The van der Waals surface area contributed by atoms with E-state index in [-0.39, 0.29) is 5.78 Å². The number of nitrogens with two attached hydrogens (primary N) is 1. The minimum Gasteiger partial charge on any atom is -0.384 e. The Balaban J connectivity index is 1.95. The van der Waals surface area contributed by atoms with Gasteiger partial charge in [-0.25, -0.2) is 9.97 Å². The minimum atomic E-state index is 0.0215. The van der Waals surface area contributed by atoms with Crippen molar-refractivity contribution in [3.8, 4) is 11.4 Å². The summed E-state index contributed by atoms with van der Waals surface area (Å²) >= 11 is 0. The molecule has 3 heterocycles. The summed E-state index contributed by atoms with van der Waals surface area (Å²) in [7, 11) is 0. The summed E-state index contributed by atoms with van der Waals surface area (Å²) in [5.41, 5.74) is 9.97. The Bertz CT molecular complexity index is 925. The summed E-state index contributed by atoms with van der Waals surface area (Å²) < 4.78 is 0. The number of nitrogens with one attached hydrogen (secondary N) is 1. The van der Waals surface area contributed by atoms with E-state index in [0.717, 1.165) is 16.9 Å². The van der Waals surface area contributed by atoms with Gasteiger partial charge in [0, 0.05) is 18.7 Å². The number of pyridine rings is 2. The number of aryl methyl sites for hydroxylation is 1. The fraction of sp³-hybridized carbons (Fsp3) is 0.167. The Morgan fingerprint density at radius 2 is 2.00 bits per heavy atom. The Kier molecular flexibility index (Phi) is 4.65. The van der Waals surface area contributed by atoms with Crippen molar-refractivity contribution in [1.29, 1.82) is 0 Å². The molecule has 3 rings (SSSR count). The Morgan fingerprint density at radius 1 is 1.16 bits per heavy atom. The molecule has 0 unspecified atom stereocenters. The van der Waals surface area contributed by atoms with Crippen molar-refractivity contribution >= 4 is 23.0 Å². The van der Waals surface area contributed by atoms with Gasteiger partial charge >= 0.3 is 0 Å². The van der Waals surface area contributed by atoms with E-state index in [1.54, 1.807) is 24.5 Å². The van der Waals surface area contributed by atoms with Crippen LogP contribution in [0.25, 0.3) is 11.4 Å². The molecule has 25 heavy (non-hydrogen) atoms. The monoisotopic (exact) mass is 334 g/mol. The quantitative estimate of drug-likeness (QED) is 0.690. The third-order valence-corrected chi connectivity index (χ3v) is 3.73. The Morgan fingerprint density at radius 3 is 2.72 bits per heavy atom. The number of hydrogen-bond acceptors (Lipinski definition) is 7. The summed E-state index contributed by atoms with van der Waals surface area (Å²) in [6.45, 7) is 3.75. The summed E-state index contributed by atoms with van der Waals surface area (Å²) in [5, 5.41) is 3.31. The summed E-state index contributed by atoms with van der Waals surface area (Å²) in [4.78, 5) is 28.6. The fourth-order valence-electron chi connectivity index (χ4n) is 2.38. The molecule has 3 N–H and O–H groups in total. The lowest BCUT2D eigenvalue weighted by molar-refractivity contribution is 0.0983. The molecule has 7 heteroatoms. The van der Waals surface area contributed by atoms with Gasteiger partial charge in [-0.15, -0.1) is 0 Å². The van der Waals surface area contributed by atoms with Gasteiger partial charge in [0.05, 0.1) is 23.3 Å². The van der Waals surface area contributed by atoms with Crippen LogP contribution in [0.4, 0.5) is 17.2 Å². The van der Waals surface area contributed by atoms with E-state index < -0.39 is 0 Å². The number of nitrogens with zero attached hydrogens (tertiary/aromatic N) is 4. The molecule has 3 aromatic rings. The van der Waals surface area contributed by atoms with Crippen LogP contribution in [0.2, 0.25) is 0 Å². The van der Waals surface area contributed by atoms with Crippen molar-refractivity contribution in [3.05, 3.63) is 54.2 Å². The Labute approximate surface area is 145 Å². The third-order valence-electron chi connectivity index (χ3n) is 3.73. The van der Waals surface area contributed by atoms with E-state index in [9.17, 15) is 4.79 Å². The molecule has 0 fully saturated rings. The van der Waals surface area contributed by atoms with Crippen LogP contribution >= 0.6 is 0 Å². The summed E-state index contributed by atoms with van der Waals surface area (Å²) in [6, 6.07) is 7.17. The lowest BCUT2D eigenvalue weighted by Crippen LogP contribution is -2.04. The zero-order valence-corrected chi connectivity index (χ0v) is 14.0. The molecule has 7 nitrogen and oxygen atoms in total. The molecule has 0 saturated heterocycles. The van der Waals surface area contributed by atoms with Crippen LogP contribution in [0.3, 0.4) is 0 Å². The molecule has 0 aliphatic heterocycles. The zero-order valence-electron chi connectivity index (χ0n) is 14.0. The van der Waals surface area contributed by atoms with Crippen molar-refractivity contribution in [2.24, 2.45) is 0 Å².